The van der Waals surface area contributed by atoms with Gasteiger partial charge in [0.05, 0.1) is 0 Å². The smallest absolute Gasteiger partial charge is 0.335 e. The summed E-state index contributed by atoms with van der Waals surface area (Å²) in [6.07, 6.45) is 0.238. The Hall–Kier alpha value is -0.570. The van der Waals surface area contributed by atoms with Gasteiger partial charge in [0.1, 0.15) is 0 Å². The number of hydrogen-bond acceptors (Lipinski definition) is 2. The largest absolute Gasteiger partial charge is 0.479 e. The average Bonchev–Trinajstić information content (AvgIpc) is 1.67. The summed E-state index contributed by atoms with van der Waals surface area (Å²) in [5, 5.41) is 17.0. The summed E-state index contributed by atoms with van der Waals surface area (Å²) in [7, 11) is 0. The average molecular weight is 118 g/mol. The zero-order valence-electron chi connectivity index (χ0n) is 5.01. The molecule has 0 aliphatic heterocycles. The Morgan fingerprint density at radius 3 is 2.12 bits per heavy atom. The lowest BCUT2D eigenvalue weighted by Crippen LogP contribution is -2.33. The summed E-state index contributed by atoms with van der Waals surface area (Å²) < 4.78 is 0. The molecule has 0 aliphatic carbocycles. The van der Waals surface area contributed by atoms with Gasteiger partial charge in [-0.15, -0.1) is 0 Å². The molecule has 0 bridgehead atoms. The van der Waals surface area contributed by atoms with Gasteiger partial charge < -0.3 is 10.2 Å². The van der Waals surface area contributed by atoms with E-state index in [-0.39, 0.29) is 6.42 Å². The third kappa shape index (κ3) is 1.50. The maximum Gasteiger partial charge on any atom is 0.335 e. The normalized spacial score (nSPS) is 17.4. The second-order valence-corrected chi connectivity index (χ2v) is 1.93. The summed E-state index contributed by atoms with van der Waals surface area (Å²) in [5.74, 6) is -1.17. The van der Waals surface area contributed by atoms with Crippen LogP contribution in [0.25, 0.3) is 0 Å². The first-order valence-corrected chi connectivity index (χ1v) is 2.46. The number of aliphatic carboxylic acids is 1. The van der Waals surface area contributed by atoms with Gasteiger partial charge >= 0.3 is 5.97 Å². The SMILES string of the molecule is CC[C@@](C)(O)C(=O)O. The Labute approximate surface area is 47.9 Å². The third-order valence-electron chi connectivity index (χ3n) is 1.15. The quantitative estimate of drug-likeness (QED) is 0.545. The third-order valence-corrected chi connectivity index (χ3v) is 1.15. The predicted molar refractivity (Wildman–Crippen MR) is 28.6 cm³/mol. The van der Waals surface area contributed by atoms with Crippen LogP contribution in [-0.2, 0) is 4.79 Å². The van der Waals surface area contributed by atoms with Crippen LogP contribution in [-0.4, -0.2) is 21.8 Å². The van der Waals surface area contributed by atoms with Crippen LogP contribution >= 0.6 is 0 Å². The van der Waals surface area contributed by atoms with Crippen molar-refractivity contribution in [2.24, 2.45) is 0 Å². The Kier molecular flexibility index (Phi) is 1.98. The number of hydrogen-bond donors (Lipinski definition) is 2. The second kappa shape index (κ2) is 2.13. The van der Waals surface area contributed by atoms with Gasteiger partial charge in [-0.2, -0.15) is 0 Å². The molecule has 0 unspecified atom stereocenters. The molecule has 48 valence electrons. The molecule has 0 fully saturated rings. The Balaban J connectivity index is 3.91. The first kappa shape index (κ1) is 7.43. The van der Waals surface area contributed by atoms with Crippen LogP contribution in [0.2, 0.25) is 0 Å². The molecule has 0 aromatic carbocycles. The van der Waals surface area contributed by atoms with Crippen molar-refractivity contribution in [2.45, 2.75) is 25.9 Å². The van der Waals surface area contributed by atoms with E-state index in [1.165, 1.54) is 6.92 Å². The number of aliphatic hydroxyl groups is 1. The zero-order chi connectivity index (χ0) is 6.78. The van der Waals surface area contributed by atoms with Gasteiger partial charge in [0.15, 0.2) is 5.60 Å². The summed E-state index contributed by atoms with van der Waals surface area (Å²) in [6.45, 7) is 2.89. The molecule has 0 amide bonds. The lowest BCUT2D eigenvalue weighted by atomic mass is 10.1. The molecular weight excluding hydrogens is 108 g/mol. The number of carbonyl (C=O) groups is 1. The molecule has 8 heavy (non-hydrogen) atoms. The summed E-state index contributed by atoms with van der Waals surface area (Å²) in [5.41, 5.74) is -1.54. The van der Waals surface area contributed by atoms with Crippen LogP contribution in [0.4, 0.5) is 0 Å². The highest BCUT2D eigenvalue weighted by molar-refractivity contribution is 5.76. The fraction of sp³-hybridized carbons (Fsp3) is 0.800. The molecule has 0 saturated carbocycles. The highest BCUT2D eigenvalue weighted by Gasteiger charge is 2.26. The fourth-order valence-electron chi connectivity index (χ4n) is 0.151. The van der Waals surface area contributed by atoms with Crippen molar-refractivity contribution in [3.63, 3.8) is 0 Å². The van der Waals surface area contributed by atoms with E-state index in [0.717, 1.165) is 0 Å². The number of carboxylic acid groups (broad SMARTS) is 1. The minimum atomic E-state index is -1.54. The van der Waals surface area contributed by atoms with Gasteiger partial charge in [-0.1, -0.05) is 6.92 Å². The van der Waals surface area contributed by atoms with E-state index in [2.05, 4.69) is 0 Å². The molecule has 0 heterocycles. The van der Waals surface area contributed by atoms with Gasteiger partial charge in [0, 0.05) is 0 Å². The molecule has 0 rings (SSSR count). The van der Waals surface area contributed by atoms with Crippen LogP contribution in [0.3, 0.4) is 0 Å². The van der Waals surface area contributed by atoms with E-state index in [9.17, 15) is 4.79 Å². The Morgan fingerprint density at radius 2 is 2.12 bits per heavy atom. The molecule has 3 heteroatoms. The van der Waals surface area contributed by atoms with Crippen LogP contribution in [0.1, 0.15) is 20.3 Å². The van der Waals surface area contributed by atoms with Crippen molar-refractivity contribution in [1.82, 2.24) is 0 Å². The van der Waals surface area contributed by atoms with Crippen LogP contribution in [0.5, 0.6) is 0 Å². The van der Waals surface area contributed by atoms with Gasteiger partial charge in [-0.25, -0.2) is 4.79 Å². The van der Waals surface area contributed by atoms with Gasteiger partial charge in [-0.05, 0) is 13.3 Å². The maximum absolute atomic E-state index is 10.0. The van der Waals surface area contributed by atoms with Crippen molar-refractivity contribution < 1.29 is 15.0 Å². The number of carboxylic acids is 1. The standard InChI is InChI=1S/C5H10O3/c1-3-5(2,8)4(6)7/h8H,3H2,1-2H3,(H,6,7)/t5-/m1/s1. The molecular formula is C5H10O3. The van der Waals surface area contributed by atoms with Crippen molar-refractivity contribution in [1.29, 1.82) is 0 Å². The minimum absolute atomic E-state index is 0.238. The highest BCUT2D eigenvalue weighted by Crippen LogP contribution is 2.06. The van der Waals surface area contributed by atoms with Crippen molar-refractivity contribution in [3.05, 3.63) is 0 Å². The number of rotatable bonds is 2. The molecule has 2 N–H and O–H groups in total. The molecule has 0 spiro atoms. The van der Waals surface area contributed by atoms with E-state index >= 15 is 0 Å². The second-order valence-electron chi connectivity index (χ2n) is 1.93. The van der Waals surface area contributed by atoms with Gasteiger partial charge in [0.2, 0.25) is 0 Å². The van der Waals surface area contributed by atoms with Gasteiger partial charge in [0.25, 0.3) is 0 Å². The molecule has 0 aromatic heterocycles. The van der Waals surface area contributed by atoms with Crippen molar-refractivity contribution >= 4 is 5.97 Å². The van der Waals surface area contributed by atoms with E-state index in [1.807, 2.05) is 0 Å². The lowest BCUT2D eigenvalue weighted by Gasteiger charge is -2.13. The summed E-state index contributed by atoms with van der Waals surface area (Å²) >= 11 is 0. The van der Waals surface area contributed by atoms with E-state index < -0.39 is 11.6 Å². The van der Waals surface area contributed by atoms with Crippen LogP contribution in [0.15, 0.2) is 0 Å². The van der Waals surface area contributed by atoms with E-state index in [4.69, 9.17) is 10.2 Å². The monoisotopic (exact) mass is 118 g/mol. The van der Waals surface area contributed by atoms with Crippen molar-refractivity contribution in [3.8, 4) is 0 Å². The maximum atomic E-state index is 10.0. The molecule has 0 saturated heterocycles. The van der Waals surface area contributed by atoms with Gasteiger partial charge in [-0.3, -0.25) is 0 Å². The Morgan fingerprint density at radius 1 is 1.75 bits per heavy atom. The lowest BCUT2D eigenvalue weighted by molar-refractivity contribution is -0.156. The van der Waals surface area contributed by atoms with E-state index in [1.54, 1.807) is 6.92 Å². The summed E-state index contributed by atoms with van der Waals surface area (Å²) in [4.78, 5) is 10.0. The zero-order valence-corrected chi connectivity index (χ0v) is 5.01. The topological polar surface area (TPSA) is 57.5 Å². The van der Waals surface area contributed by atoms with Crippen molar-refractivity contribution in [2.75, 3.05) is 0 Å². The molecule has 0 radical (unpaired) electrons. The molecule has 0 aromatic rings. The fourth-order valence-corrected chi connectivity index (χ4v) is 0.151. The first-order valence-electron chi connectivity index (χ1n) is 2.46. The predicted octanol–water partition coefficient (Wildman–Crippen LogP) is 0.232. The van der Waals surface area contributed by atoms with Crippen LogP contribution < -0.4 is 0 Å². The highest BCUT2D eigenvalue weighted by atomic mass is 16.4. The minimum Gasteiger partial charge on any atom is -0.479 e. The van der Waals surface area contributed by atoms with E-state index in [0.29, 0.717) is 0 Å². The molecule has 3 nitrogen and oxygen atoms in total. The van der Waals surface area contributed by atoms with Crippen LogP contribution in [0, 0.1) is 0 Å². The first-order chi connectivity index (χ1) is 3.50. The molecule has 0 aliphatic rings. The Bertz CT molecular complexity index is 95.8. The molecule has 1 atom stereocenters. The summed E-state index contributed by atoms with van der Waals surface area (Å²) in [6, 6.07) is 0.